The average molecular weight is 311 g/mol. The molecule has 0 bridgehead atoms. The second-order valence-corrected chi connectivity index (χ2v) is 5.26. The molecule has 0 saturated carbocycles. The summed E-state index contributed by atoms with van der Waals surface area (Å²) in [6.45, 7) is 2.19. The van der Waals surface area contributed by atoms with Crippen LogP contribution in [0.4, 0.5) is 5.69 Å². The predicted octanol–water partition coefficient (Wildman–Crippen LogP) is 2.34. The molecule has 1 atom stereocenters. The zero-order valence-electron chi connectivity index (χ0n) is 13.3. The summed E-state index contributed by atoms with van der Waals surface area (Å²) in [6.07, 6.45) is 0. The molecule has 0 aliphatic rings. The summed E-state index contributed by atoms with van der Waals surface area (Å²) in [5.74, 6) is -0.267. The van der Waals surface area contributed by atoms with Gasteiger partial charge in [0.25, 0.3) is 5.91 Å². The lowest BCUT2D eigenvalue weighted by atomic mass is 10.1. The summed E-state index contributed by atoms with van der Waals surface area (Å²) in [5, 5.41) is 8.48. The fraction of sp³-hybridized carbons (Fsp3) is 0.222. The Morgan fingerprint density at radius 1 is 1.00 bits per heavy atom. The van der Waals surface area contributed by atoms with Crippen LogP contribution in [-0.4, -0.2) is 25.4 Å². The first kappa shape index (κ1) is 16.7. The second-order valence-electron chi connectivity index (χ2n) is 5.26. The third kappa shape index (κ3) is 4.93. The van der Waals surface area contributed by atoms with E-state index in [0.717, 1.165) is 5.56 Å². The normalized spacial score (nSPS) is 11.6. The molecule has 0 aliphatic heterocycles. The van der Waals surface area contributed by atoms with Gasteiger partial charge in [0.2, 0.25) is 5.91 Å². The third-order valence-corrected chi connectivity index (χ3v) is 3.42. The van der Waals surface area contributed by atoms with E-state index in [9.17, 15) is 9.59 Å². The van der Waals surface area contributed by atoms with E-state index in [1.165, 1.54) is 0 Å². The summed E-state index contributed by atoms with van der Waals surface area (Å²) < 4.78 is 0. The fourth-order valence-electron chi connectivity index (χ4n) is 2.18. The number of anilines is 1. The number of hydrogen-bond acceptors (Lipinski definition) is 3. The van der Waals surface area contributed by atoms with Crippen LogP contribution >= 0.6 is 0 Å². The molecule has 0 aliphatic carbocycles. The maximum absolute atomic E-state index is 12.3. The highest BCUT2D eigenvalue weighted by Crippen LogP contribution is 2.14. The van der Waals surface area contributed by atoms with Crippen molar-refractivity contribution < 1.29 is 9.59 Å². The molecule has 1 unspecified atom stereocenters. The zero-order chi connectivity index (χ0) is 16.7. The van der Waals surface area contributed by atoms with Crippen molar-refractivity contribution in [1.82, 2.24) is 10.6 Å². The van der Waals surface area contributed by atoms with E-state index in [1.54, 1.807) is 31.3 Å². The van der Waals surface area contributed by atoms with Crippen molar-refractivity contribution in [3.05, 3.63) is 65.7 Å². The smallest absolute Gasteiger partial charge is 0.251 e. The highest BCUT2D eigenvalue weighted by molar-refractivity contribution is 5.96. The molecule has 0 spiro atoms. The predicted molar refractivity (Wildman–Crippen MR) is 91.3 cm³/mol. The number of hydrogen-bond donors (Lipinski definition) is 3. The van der Waals surface area contributed by atoms with Crippen molar-refractivity contribution in [3.8, 4) is 0 Å². The molecule has 23 heavy (non-hydrogen) atoms. The number of rotatable bonds is 6. The Labute approximate surface area is 136 Å². The molecular formula is C18H21N3O2. The molecule has 0 radical (unpaired) electrons. The number of likely N-dealkylation sites (N-methyl/N-ethyl adjacent to an activating group) is 1. The van der Waals surface area contributed by atoms with Gasteiger partial charge in [-0.25, -0.2) is 0 Å². The number of benzene rings is 2. The van der Waals surface area contributed by atoms with E-state index in [-0.39, 0.29) is 24.4 Å². The highest BCUT2D eigenvalue weighted by atomic mass is 16.2. The van der Waals surface area contributed by atoms with Gasteiger partial charge < -0.3 is 16.0 Å². The maximum Gasteiger partial charge on any atom is 0.251 e. The third-order valence-electron chi connectivity index (χ3n) is 3.42. The van der Waals surface area contributed by atoms with Gasteiger partial charge in [0.05, 0.1) is 12.6 Å². The van der Waals surface area contributed by atoms with Gasteiger partial charge in [-0.1, -0.05) is 30.3 Å². The van der Waals surface area contributed by atoms with Gasteiger partial charge in [0.15, 0.2) is 0 Å². The van der Waals surface area contributed by atoms with Crippen molar-refractivity contribution in [2.75, 3.05) is 18.9 Å². The molecule has 5 nitrogen and oxygen atoms in total. The number of carbonyl (C=O) groups is 2. The monoisotopic (exact) mass is 311 g/mol. The molecule has 0 saturated heterocycles. The van der Waals surface area contributed by atoms with Crippen molar-refractivity contribution >= 4 is 17.5 Å². The minimum absolute atomic E-state index is 0.0706. The van der Waals surface area contributed by atoms with Crippen LogP contribution < -0.4 is 16.0 Å². The first-order chi connectivity index (χ1) is 11.1. The molecule has 2 aromatic rings. The standard InChI is InChI=1S/C18H21N3O2/c1-13(14-6-4-3-5-7-14)20-18(23)15-8-10-16(11-9-15)21-17(22)12-19-2/h3-11,13,19H,12H2,1-2H3,(H,20,23)(H,21,22). The molecule has 0 fully saturated rings. The first-order valence-electron chi connectivity index (χ1n) is 7.50. The van der Waals surface area contributed by atoms with E-state index < -0.39 is 0 Å². The molecule has 2 rings (SSSR count). The molecule has 0 heterocycles. The van der Waals surface area contributed by atoms with Crippen LogP contribution in [0.2, 0.25) is 0 Å². The minimum atomic E-state index is -0.144. The lowest BCUT2D eigenvalue weighted by Gasteiger charge is -2.14. The maximum atomic E-state index is 12.3. The van der Waals surface area contributed by atoms with E-state index in [2.05, 4.69) is 16.0 Å². The Hall–Kier alpha value is -2.66. The van der Waals surface area contributed by atoms with Crippen LogP contribution in [0.25, 0.3) is 0 Å². The van der Waals surface area contributed by atoms with Gasteiger partial charge >= 0.3 is 0 Å². The fourth-order valence-corrected chi connectivity index (χ4v) is 2.18. The van der Waals surface area contributed by atoms with Gasteiger partial charge in [-0.05, 0) is 43.8 Å². The summed E-state index contributed by atoms with van der Waals surface area (Å²) >= 11 is 0. The quantitative estimate of drug-likeness (QED) is 0.767. The van der Waals surface area contributed by atoms with Crippen LogP contribution in [0.5, 0.6) is 0 Å². The van der Waals surface area contributed by atoms with Crippen molar-refractivity contribution in [3.63, 3.8) is 0 Å². The molecule has 3 N–H and O–H groups in total. The topological polar surface area (TPSA) is 70.2 Å². The first-order valence-corrected chi connectivity index (χ1v) is 7.50. The molecule has 2 aromatic carbocycles. The molecule has 5 heteroatoms. The van der Waals surface area contributed by atoms with Crippen LogP contribution in [0.15, 0.2) is 54.6 Å². The van der Waals surface area contributed by atoms with E-state index in [1.807, 2.05) is 37.3 Å². The summed E-state index contributed by atoms with van der Waals surface area (Å²) in [4.78, 5) is 23.7. The Kier molecular flexibility index (Phi) is 5.88. The van der Waals surface area contributed by atoms with Crippen LogP contribution in [0.1, 0.15) is 28.9 Å². The van der Waals surface area contributed by atoms with Crippen LogP contribution in [0, 0.1) is 0 Å². The summed E-state index contributed by atoms with van der Waals surface area (Å²) in [5.41, 5.74) is 2.27. The van der Waals surface area contributed by atoms with Crippen molar-refractivity contribution in [1.29, 1.82) is 0 Å². The van der Waals surface area contributed by atoms with Crippen molar-refractivity contribution in [2.24, 2.45) is 0 Å². The number of nitrogens with one attached hydrogen (secondary N) is 3. The second kappa shape index (κ2) is 8.10. The van der Waals surface area contributed by atoms with E-state index >= 15 is 0 Å². The Bertz CT molecular complexity index is 654. The van der Waals surface area contributed by atoms with Gasteiger partial charge in [-0.15, -0.1) is 0 Å². The van der Waals surface area contributed by atoms with Crippen LogP contribution in [0.3, 0.4) is 0 Å². The van der Waals surface area contributed by atoms with Gasteiger partial charge in [-0.2, -0.15) is 0 Å². The minimum Gasteiger partial charge on any atom is -0.346 e. The van der Waals surface area contributed by atoms with Gasteiger partial charge in [-0.3, -0.25) is 9.59 Å². The lowest BCUT2D eigenvalue weighted by Crippen LogP contribution is -2.27. The molecule has 0 aromatic heterocycles. The van der Waals surface area contributed by atoms with E-state index in [0.29, 0.717) is 11.3 Å². The Morgan fingerprint density at radius 2 is 1.65 bits per heavy atom. The van der Waals surface area contributed by atoms with Crippen molar-refractivity contribution in [2.45, 2.75) is 13.0 Å². The number of amides is 2. The zero-order valence-corrected chi connectivity index (χ0v) is 13.3. The molecule has 120 valence electrons. The Balaban J connectivity index is 1.96. The van der Waals surface area contributed by atoms with Gasteiger partial charge in [0, 0.05) is 11.3 Å². The summed E-state index contributed by atoms with van der Waals surface area (Å²) in [6, 6.07) is 16.5. The molecule has 2 amide bonds. The largest absolute Gasteiger partial charge is 0.346 e. The highest BCUT2D eigenvalue weighted by Gasteiger charge is 2.11. The average Bonchev–Trinajstić information content (AvgIpc) is 2.56. The Morgan fingerprint density at radius 3 is 2.26 bits per heavy atom. The SMILES string of the molecule is CNCC(=O)Nc1ccc(C(=O)NC(C)c2ccccc2)cc1. The van der Waals surface area contributed by atoms with E-state index in [4.69, 9.17) is 0 Å². The summed E-state index contributed by atoms with van der Waals surface area (Å²) in [7, 11) is 1.71. The van der Waals surface area contributed by atoms with Gasteiger partial charge in [0.1, 0.15) is 0 Å². The van der Waals surface area contributed by atoms with Crippen LogP contribution in [-0.2, 0) is 4.79 Å². The number of carbonyl (C=O) groups excluding carboxylic acids is 2. The lowest BCUT2D eigenvalue weighted by molar-refractivity contribution is -0.115. The molecular weight excluding hydrogens is 290 g/mol.